The Labute approximate surface area is 126 Å². The lowest BCUT2D eigenvalue weighted by Crippen LogP contribution is -2.37. The highest BCUT2D eigenvalue weighted by Gasteiger charge is 2.20. The van der Waals surface area contributed by atoms with Crippen molar-refractivity contribution in [3.63, 3.8) is 0 Å². The zero-order valence-electron chi connectivity index (χ0n) is 12.8. The SMILES string of the molecule is CC(C)C(CC(=O)O)N[C@@H](C)c1cccc2ccccc12. The van der Waals surface area contributed by atoms with E-state index in [0.717, 1.165) is 0 Å². The van der Waals surface area contributed by atoms with Crippen molar-refractivity contribution in [1.82, 2.24) is 5.32 Å². The molecule has 0 aliphatic heterocycles. The maximum Gasteiger partial charge on any atom is 0.304 e. The van der Waals surface area contributed by atoms with Gasteiger partial charge in [-0.2, -0.15) is 0 Å². The molecule has 0 fully saturated rings. The monoisotopic (exact) mass is 285 g/mol. The van der Waals surface area contributed by atoms with E-state index in [2.05, 4.69) is 56.4 Å². The van der Waals surface area contributed by atoms with Gasteiger partial charge in [0.15, 0.2) is 0 Å². The van der Waals surface area contributed by atoms with Crippen LogP contribution in [0.3, 0.4) is 0 Å². The van der Waals surface area contributed by atoms with Crippen molar-refractivity contribution in [3.05, 3.63) is 48.0 Å². The van der Waals surface area contributed by atoms with Gasteiger partial charge < -0.3 is 10.4 Å². The Morgan fingerprint density at radius 1 is 1.10 bits per heavy atom. The maximum atomic E-state index is 11.0. The van der Waals surface area contributed by atoms with Crippen LogP contribution in [0, 0.1) is 5.92 Å². The van der Waals surface area contributed by atoms with Crippen LogP contribution in [0.1, 0.15) is 38.8 Å². The molecule has 2 rings (SSSR count). The van der Waals surface area contributed by atoms with Crippen molar-refractivity contribution in [2.45, 2.75) is 39.3 Å². The molecule has 2 aromatic carbocycles. The molecule has 0 radical (unpaired) electrons. The van der Waals surface area contributed by atoms with Crippen LogP contribution >= 0.6 is 0 Å². The van der Waals surface area contributed by atoms with Gasteiger partial charge in [0.1, 0.15) is 0 Å². The lowest BCUT2D eigenvalue weighted by atomic mass is 9.96. The molecule has 3 heteroatoms. The number of rotatable bonds is 6. The normalized spacial score (nSPS) is 14.3. The largest absolute Gasteiger partial charge is 0.481 e. The molecule has 2 aromatic rings. The zero-order chi connectivity index (χ0) is 15.4. The molecule has 1 unspecified atom stereocenters. The van der Waals surface area contributed by atoms with Crippen LogP contribution in [0.15, 0.2) is 42.5 Å². The predicted molar refractivity (Wildman–Crippen MR) is 86.4 cm³/mol. The molecule has 0 spiro atoms. The molecule has 0 bridgehead atoms. The molecule has 21 heavy (non-hydrogen) atoms. The van der Waals surface area contributed by atoms with Gasteiger partial charge in [-0.15, -0.1) is 0 Å². The van der Waals surface area contributed by atoms with Crippen LogP contribution in [-0.4, -0.2) is 17.1 Å². The van der Waals surface area contributed by atoms with Crippen molar-refractivity contribution in [1.29, 1.82) is 0 Å². The van der Waals surface area contributed by atoms with Gasteiger partial charge >= 0.3 is 5.97 Å². The molecular weight excluding hydrogens is 262 g/mol. The second-order valence-corrected chi connectivity index (χ2v) is 5.91. The van der Waals surface area contributed by atoms with Crippen LogP contribution in [0.25, 0.3) is 10.8 Å². The third kappa shape index (κ3) is 3.82. The van der Waals surface area contributed by atoms with E-state index < -0.39 is 5.97 Å². The first-order chi connectivity index (χ1) is 9.99. The Morgan fingerprint density at radius 2 is 1.76 bits per heavy atom. The van der Waals surface area contributed by atoms with Crippen LogP contribution in [0.5, 0.6) is 0 Å². The first-order valence-corrected chi connectivity index (χ1v) is 7.44. The summed E-state index contributed by atoms with van der Waals surface area (Å²) in [6.07, 6.45) is 0.146. The van der Waals surface area contributed by atoms with Gasteiger partial charge in [0.2, 0.25) is 0 Å². The van der Waals surface area contributed by atoms with Crippen molar-refractivity contribution in [2.24, 2.45) is 5.92 Å². The van der Waals surface area contributed by atoms with E-state index >= 15 is 0 Å². The number of nitrogens with one attached hydrogen (secondary N) is 1. The van der Waals surface area contributed by atoms with Crippen LogP contribution in [-0.2, 0) is 4.79 Å². The van der Waals surface area contributed by atoms with E-state index in [-0.39, 0.29) is 24.4 Å². The van der Waals surface area contributed by atoms with Crippen molar-refractivity contribution in [2.75, 3.05) is 0 Å². The summed E-state index contributed by atoms with van der Waals surface area (Å²) in [5, 5.41) is 15.0. The molecule has 2 N–H and O–H groups in total. The van der Waals surface area contributed by atoms with Crippen LogP contribution < -0.4 is 5.32 Å². The molecule has 2 atom stereocenters. The van der Waals surface area contributed by atoms with Gasteiger partial charge in [0.25, 0.3) is 0 Å². The number of aliphatic carboxylic acids is 1. The Balaban J connectivity index is 2.25. The first kappa shape index (κ1) is 15.5. The second kappa shape index (κ2) is 6.72. The fourth-order valence-corrected chi connectivity index (χ4v) is 2.71. The highest BCUT2D eigenvalue weighted by atomic mass is 16.4. The highest BCUT2D eigenvalue weighted by molar-refractivity contribution is 5.86. The third-order valence-corrected chi connectivity index (χ3v) is 3.95. The molecule has 0 aromatic heterocycles. The van der Waals surface area contributed by atoms with E-state index in [1.165, 1.54) is 16.3 Å². The topological polar surface area (TPSA) is 49.3 Å². The number of carboxylic acid groups (broad SMARTS) is 1. The summed E-state index contributed by atoms with van der Waals surface area (Å²) >= 11 is 0. The molecular formula is C18H23NO2. The number of carbonyl (C=O) groups is 1. The summed E-state index contributed by atoms with van der Waals surface area (Å²) in [6.45, 7) is 6.20. The maximum absolute atomic E-state index is 11.0. The average molecular weight is 285 g/mol. The van der Waals surface area contributed by atoms with Gasteiger partial charge in [0, 0.05) is 12.1 Å². The van der Waals surface area contributed by atoms with E-state index in [4.69, 9.17) is 5.11 Å². The molecule has 0 saturated carbocycles. The quantitative estimate of drug-likeness (QED) is 0.843. The number of fused-ring (bicyclic) bond motifs is 1. The fraction of sp³-hybridized carbons (Fsp3) is 0.389. The second-order valence-electron chi connectivity index (χ2n) is 5.91. The van der Waals surface area contributed by atoms with Crippen LogP contribution in [0.2, 0.25) is 0 Å². The van der Waals surface area contributed by atoms with Gasteiger partial charge in [0.05, 0.1) is 6.42 Å². The molecule has 112 valence electrons. The smallest absolute Gasteiger partial charge is 0.304 e. The van der Waals surface area contributed by atoms with Gasteiger partial charge in [-0.3, -0.25) is 4.79 Å². The van der Waals surface area contributed by atoms with E-state index in [1.807, 2.05) is 12.1 Å². The summed E-state index contributed by atoms with van der Waals surface area (Å²) in [5.41, 5.74) is 1.21. The highest BCUT2D eigenvalue weighted by Crippen LogP contribution is 2.25. The lowest BCUT2D eigenvalue weighted by Gasteiger charge is -2.26. The van der Waals surface area contributed by atoms with Gasteiger partial charge in [-0.25, -0.2) is 0 Å². The summed E-state index contributed by atoms with van der Waals surface area (Å²) in [4.78, 5) is 11.0. The number of benzene rings is 2. The molecule has 0 saturated heterocycles. The number of carboxylic acids is 1. The third-order valence-electron chi connectivity index (χ3n) is 3.95. The predicted octanol–water partition coefficient (Wildman–Crippen LogP) is 3.99. The fourth-order valence-electron chi connectivity index (χ4n) is 2.71. The summed E-state index contributed by atoms with van der Waals surface area (Å²) in [6, 6.07) is 14.6. The van der Waals surface area contributed by atoms with Crippen molar-refractivity contribution < 1.29 is 9.90 Å². The van der Waals surface area contributed by atoms with Crippen molar-refractivity contribution in [3.8, 4) is 0 Å². The summed E-state index contributed by atoms with van der Waals surface area (Å²) < 4.78 is 0. The summed E-state index contributed by atoms with van der Waals surface area (Å²) in [7, 11) is 0. The standard InChI is InChI=1S/C18H23NO2/c1-12(2)17(11-18(20)21)19-13(3)15-10-6-8-14-7-4-5-9-16(14)15/h4-10,12-13,17,19H,11H2,1-3H3,(H,20,21)/t13-,17?/m0/s1. The van der Waals surface area contributed by atoms with E-state index in [0.29, 0.717) is 0 Å². The molecule has 0 heterocycles. The van der Waals surface area contributed by atoms with E-state index in [1.54, 1.807) is 0 Å². The minimum atomic E-state index is -0.758. The molecule has 0 aliphatic carbocycles. The molecule has 3 nitrogen and oxygen atoms in total. The van der Waals surface area contributed by atoms with Crippen molar-refractivity contribution >= 4 is 16.7 Å². The van der Waals surface area contributed by atoms with E-state index in [9.17, 15) is 4.79 Å². The van der Waals surface area contributed by atoms with Gasteiger partial charge in [-0.05, 0) is 29.2 Å². The van der Waals surface area contributed by atoms with Gasteiger partial charge in [-0.1, -0.05) is 56.3 Å². The number of hydrogen-bond donors (Lipinski definition) is 2. The van der Waals surface area contributed by atoms with Crippen LogP contribution in [0.4, 0.5) is 0 Å². The Morgan fingerprint density at radius 3 is 2.43 bits per heavy atom. The molecule has 0 aliphatic rings. The minimum absolute atomic E-state index is 0.0310. The Bertz CT molecular complexity index is 616. The first-order valence-electron chi connectivity index (χ1n) is 7.44. The Kier molecular flexibility index (Phi) is 4.97. The minimum Gasteiger partial charge on any atom is -0.481 e. The molecule has 0 amide bonds. The zero-order valence-corrected chi connectivity index (χ0v) is 12.8. The number of hydrogen-bond acceptors (Lipinski definition) is 2. The average Bonchev–Trinajstić information content (AvgIpc) is 2.45. The summed E-state index contributed by atoms with van der Waals surface area (Å²) in [5.74, 6) is -0.482. The Hall–Kier alpha value is -1.87. The lowest BCUT2D eigenvalue weighted by molar-refractivity contribution is -0.137.